The average Bonchev–Trinajstić information content (AvgIpc) is 2.28. The third-order valence-corrected chi connectivity index (χ3v) is 2.75. The standard InChI is InChI=1S/C13H16N2O.ClH/c14-6-5-13(15)11-2-1-10-8-12(16)4-3-9(10)7-11;/h1-4,7-8,13,16H,5-6,14-15H2;1H/t13-;/m1./s1. The summed E-state index contributed by atoms with van der Waals surface area (Å²) in [6.07, 6.45) is 0.781. The molecule has 0 spiro atoms. The van der Waals surface area contributed by atoms with Gasteiger partial charge in [0.05, 0.1) is 0 Å². The highest BCUT2D eigenvalue weighted by Gasteiger charge is 2.05. The number of phenolic OH excluding ortho intramolecular Hbond substituents is 1. The Bertz CT molecular complexity index is 502. The molecule has 0 aliphatic carbocycles. The second kappa shape index (κ2) is 5.87. The topological polar surface area (TPSA) is 72.3 Å². The zero-order valence-corrected chi connectivity index (χ0v) is 10.3. The van der Waals surface area contributed by atoms with Gasteiger partial charge in [-0.05, 0) is 47.5 Å². The molecule has 0 aromatic heterocycles. The van der Waals surface area contributed by atoms with Crippen LogP contribution in [-0.4, -0.2) is 11.7 Å². The van der Waals surface area contributed by atoms with Crippen LogP contribution in [0.5, 0.6) is 5.75 Å². The molecular formula is C13H17ClN2O. The highest BCUT2D eigenvalue weighted by Crippen LogP contribution is 2.23. The first-order valence-electron chi connectivity index (χ1n) is 5.39. The van der Waals surface area contributed by atoms with E-state index in [2.05, 4.69) is 6.07 Å². The molecule has 0 bridgehead atoms. The van der Waals surface area contributed by atoms with Gasteiger partial charge in [-0.1, -0.05) is 18.2 Å². The first-order valence-corrected chi connectivity index (χ1v) is 5.39. The normalized spacial score (nSPS) is 12.1. The minimum Gasteiger partial charge on any atom is -0.508 e. The Labute approximate surface area is 107 Å². The van der Waals surface area contributed by atoms with Gasteiger partial charge in [0.2, 0.25) is 0 Å². The molecular weight excluding hydrogens is 236 g/mol. The summed E-state index contributed by atoms with van der Waals surface area (Å²) < 4.78 is 0. The van der Waals surface area contributed by atoms with E-state index in [1.54, 1.807) is 12.1 Å². The van der Waals surface area contributed by atoms with Gasteiger partial charge in [0.15, 0.2) is 0 Å². The van der Waals surface area contributed by atoms with Gasteiger partial charge in [-0.2, -0.15) is 0 Å². The van der Waals surface area contributed by atoms with E-state index >= 15 is 0 Å². The van der Waals surface area contributed by atoms with Gasteiger partial charge in [0.1, 0.15) is 5.75 Å². The molecule has 0 radical (unpaired) electrons. The van der Waals surface area contributed by atoms with Crippen molar-refractivity contribution < 1.29 is 5.11 Å². The van der Waals surface area contributed by atoms with E-state index < -0.39 is 0 Å². The molecule has 0 saturated heterocycles. The van der Waals surface area contributed by atoms with Crippen molar-refractivity contribution in [3.05, 3.63) is 42.0 Å². The van der Waals surface area contributed by atoms with Crippen molar-refractivity contribution in [3.63, 3.8) is 0 Å². The zero-order valence-electron chi connectivity index (χ0n) is 9.47. The Morgan fingerprint density at radius 2 is 1.71 bits per heavy atom. The second-order valence-corrected chi connectivity index (χ2v) is 3.97. The summed E-state index contributed by atoms with van der Waals surface area (Å²) >= 11 is 0. The number of hydrogen-bond donors (Lipinski definition) is 3. The molecule has 2 aromatic rings. The van der Waals surface area contributed by atoms with Crippen LogP contribution in [0.4, 0.5) is 0 Å². The molecule has 92 valence electrons. The predicted octanol–water partition coefficient (Wildman–Crippen LogP) is 2.32. The molecule has 1 atom stereocenters. The maximum atomic E-state index is 9.35. The van der Waals surface area contributed by atoms with Crippen LogP contribution >= 0.6 is 12.4 Å². The van der Waals surface area contributed by atoms with Crippen molar-refractivity contribution in [2.75, 3.05) is 6.54 Å². The summed E-state index contributed by atoms with van der Waals surface area (Å²) in [5.74, 6) is 0.284. The van der Waals surface area contributed by atoms with Crippen molar-refractivity contribution in [1.82, 2.24) is 0 Å². The van der Waals surface area contributed by atoms with E-state index in [4.69, 9.17) is 11.5 Å². The summed E-state index contributed by atoms with van der Waals surface area (Å²) in [5.41, 5.74) is 12.6. The molecule has 3 nitrogen and oxygen atoms in total. The molecule has 0 unspecified atom stereocenters. The lowest BCUT2D eigenvalue weighted by atomic mass is 10.0. The second-order valence-electron chi connectivity index (χ2n) is 3.97. The minimum atomic E-state index is -0.0109. The first kappa shape index (κ1) is 13.8. The number of hydrogen-bond acceptors (Lipinski definition) is 3. The summed E-state index contributed by atoms with van der Waals surface area (Å²) in [4.78, 5) is 0. The fourth-order valence-corrected chi connectivity index (χ4v) is 1.83. The Morgan fingerprint density at radius 1 is 1.06 bits per heavy atom. The molecule has 5 N–H and O–H groups in total. The van der Waals surface area contributed by atoms with E-state index in [1.807, 2.05) is 18.2 Å². The minimum absolute atomic E-state index is 0. The van der Waals surface area contributed by atoms with Crippen LogP contribution in [0.3, 0.4) is 0 Å². The Balaban J connectivity index is 0.00000144. The lowest BCUT2D eigenvalue weighted by molar-refractivity contribution is 0.476. The Kier molecular flexibility index (Phi) is 4.75. The van der Waals surface area contributed by atoms with Gasteiger partial charge in [-0.3, -0.25) is 0 Å². The van der Waals surface area contributed by atoms with Crippen LogP contribution in [0.2, 0.25) is 0 Å². The van der Waals surface area contributed by atoms with E-state index in [0.29, 0.717) is 6.54 Å². The zero-order chi connectivity index (χ0) is 11.5. The van der Waals surface area contributed by atoms with Crippen molar-refractivity contribution in [1.29, 1.82) is 0 Å². The van der Waals surface area contributed by atoms with Gasteiger partial charge < -0.3 is 16.6 Å². The molecule has 0 saturated carbocycles. The van der Waals surface area contributed by atoms with Gasteiger partial charge in [0, 0.05) is 6.04 Å². The van der Waals surface area contributed by atoms with Crippen LogP contribution in [0.25, 0.3) is 10.8 Å². The predicted molar refractivity (Wildman–Crippen MR) is 73.5 cm³/mol. The van der Waals surface area contributed by atoms with Crippen LogP contribution < -0.4 is 11.5 Å². The lowest BCUT2D eigenvalue weighted by Gasteiger charge is -2.11. The summed E-state index contributed by atoms with van der Waals surface area (Å²) in [5, 5.41) is 11.5. The van der Waals surface area contributed by atoms with Crippen LogP contribution in [-0.2, 0) is 0 Å². The number of benzene rings is 2. The van der Waals surface area contributed by atoms with Gasteiger partial charge in [0.25, 0.3) is 0 Å². The third-order valence-electron chi connectivity index (χ3n) is 2.75. The molecule has 17 heavy (non-hydrogen) atoms. The fraction of sp³-hybridized carbons (Fsp3) is 0.231. The van der Waals surface area contributed by atoms with Crippen molar-refractivity contribution in [3.8, 4) is 5.75 Å². The van der Waals surface area contributed by atoms with Gasteiger partial charge in [-0.25, -0.2) is 0 Å². The molecule has 0 heterocycles. The molecule has 0 aliphatic rings. The van der Waals surface area contributed by atoms with E-state index in [-0.39, 0.29) is 24.2 Å². The summed E-state index contributed by atoms with van der Waals surface area (Å²) in [6.45, 7) is 0.592. The number of fused-ring (bicyclic) bond motifs is 1. The highest BCUT2D eigenvalue weighted by atomic mass is 35.5. The highest BCUT2D eigenvalue weighted by molar-refractivity contribution is 5.85. The van der Waals surface area contributed by atoms with Crippen molar-refractivity contribution in [2.24, 2.45) is 11.5 Å². The Hall–Kier alpha value is -1.29. The molecule has 0 fully saturated rings. The van der Waals surface area contributed by atoms with Crippen molar-refractivity contribution in [2.45, 2.75) is 12.5 Å². The molecule has 4 heteroatoms. The van der Waals surface area contributed by atoms with E-state index in [9.17, 15) is 5.11 Å². The molecule has 2 rings (SSSR count). The van der Waals surface area contributed by atoms with E-state index in [1.165, 1.54) is 0 Å². The Morgan fingerprint density at radius 3 is 2.41 bits per heavy atom. The SMILES string of the molecule is Cl.NCC[C@@H](N)c1ccc2cc(O)ccc2c1. The quantitative estimate of drug-likeness (QED) is 0.785. The van der Waals surface area contributed by atoms with Crippen LogP contribution in [0, 0.1) is 0 Å². The monoisotopic (exact) mass is 252 g/mol. The number of phenols is 1. The smallest absolute Gasteiger partial charge is 0.116 e. The first-order chi connectivity index (χ1) is 7.70. The number of aromatic hydroxyl groups is 1. The summed E-state index contributed by atoms with van der Waals surface area (Å²) in [6, 6.07) is 11.3. The van der Waals surface area contributed by atoms with Crippen LogP contribution in [0.15, 0.2) is 36.4 Å². The van der Waals surface area contributed by atoms with Crippen molar-refractivity contribution >= 4 is 23.2 Å². The largest absolute Gasteiger partial charge is 0.508 e. The maximum absolute atomic E-state index is 9.35. The van der Waals surface area contributed by atoms with Crippen LogP contribution in [0.1, 0.15) is 18.0 Å². The average molecular weight is 253 g/mol. The fourth-order valence-electron chi connectivity index (χ4n) is 1.83. The lowest BCUT2D eigenvalue weighted by Crippen LogP contribution is -2.15. The van der Waals surface area contributed by atoms with Gasteiger partial charge >= 0.3 is 0 Å². The molecule has 0 aliphatic heterocycles. The van der Waals surface area contributed by atoms with Gasteiger partial charge in [-0.15, -0.1) is 12.4 Å². The molecule has 0 amide bonds. The number of nitrogens with two attached hydrogens (primary N) is 2. The third kappa shape index (κ3) is 3.09. The number of rotatable bonds is 3. The van der Waals surface area contributed by atoms with E-state index in [0.717, 1.165) is 22.8 Å². The number of halogens is 1. The summed E-state index contributed by atoms with van der Waals surface area (Å²) in [7, 11) is 0. The molecule has 2 aromatic carbocycles. The maximum Gasteiger partial charge on any atom is 0.116 e.